The van der Waals surface area contributed by atoms with Crippen molar-refractivity contribution in [3.63, 3.8) is 0 Å². The van der Waals surface area contributed by atoms with Crippen molar-refractivity contribution in [2.45, 2.75) is 24.5 Å². The van der Waals surface area contributed by atoms with Gasteiger partial charge in [0.1, 0.15) is 5.60 Å². The summed E-state index contributed by atoms with van der Waals surface area (Å²) in [6.07, 6.45) is 8.40. The van der Waals surface area contributed by atoms with E-state index in [2.05, 4.69) is 10.2 Å². The molecule has 8 nitrogen and oxygen atoms in total. The Bertz CT molecular complexity index is 1000. The summed E-state index contributed by atoms with van der Waals surface area (Å²) in [4.78, 5) is 30.2. The lowest BCUT2D eigenvalue weighted by molar-refractivity contribution is -0.139. The maximum Gasteiger partial charge on any atom is 0.234 e. The number of ether oxygens (including phenoxy) is 1. The molecule has 5 rings (SSSR count). The molecule has 4 heterocycles. The average Bonchev–Trinajstić information content (AvgIpc) is 3.55. The highest BCUT2D eigenvalue weighted by Crippen LogP contribution is 2.53. The van der Waals surface area contributed by atoms with Gasteiger partial charge in [-0.15, -0.1) is 0 Å². The highest BCUT2D eigenvalue weighted by molar-refractivity contribution is 6.03. The monoisotopic (exact) mass is 422 g/mol. The second kappa shape index (κ2) is 7.62. The zero-order chi connectivity index (χ0) is 21.6. The van der Waals surface area contributed by atoms with Crippen molar-refractivity contribution in [3.8, 4) is 0 Å². The van der Waals surface area contributed by atoms with E-state index in [1.807, 2.05) is 42.6 Å². The van der Waals surface area contributed by atoms with Crippen LogP contribution in [0.4, 0.5) is 5.69 Å². The number of hydrogen-bond donors (Lipinski definition) is 2. The average molecular weight is 422 g/mol. The number of fused-ring (bicyclic) bond motifs is 1. The molecule has 2 aromatic rings. The van der Waals surface area contributed by atoms with Crippen LogP contribution >= 0.6 is 0 Å². The topological polar surface area (TPSA) is 98.8 Å². The third-order valence-electron chi connectivity index (χ3n) is 6.70. The molecule has 1 aromatic heterocycles. The Labute approximate surface area is 180 Å². The number of aliphatic hydroxyl groups is 1. The molecule has 0 unspecified atom stereocenters. The molecule has 3 aliphatic rings. The van der Waals surface area contributed by atoms with Gasteiger partial charge in [0.2, 0.25) is 11.8 Å². The molecular weight excluding hydrogens is 396 g/mol. The number of benzene rings is 1. The van der Waals surface area contributed by atoms with Gasteiger partial charge < -0.3 is 19.6 Å². The minimum atomic E-state index is -0.739. The van der Waals surface area contributed by atoms with Crippen LogP contribution in [0.2, 0.25) is 0 Å². The first-order chi connectivity index (χ1) is 15.0. The van der Waals surface area contributed by atoms with Crippen molar-refractivity contribution >= 4 is 17.5 Å². The summed E-state index contributed by atoms with van der Waals surface area (Å²) in [6, 6.07) is 7.63. The number of H-pyrrole nitrogens is 1. The molecule has 0 radical (unpaired) electrons. The van der Waals surface area contributed by atoms with Crippen LogP contribution in [-0.4, -0.2) is 70.5 Å². The summed E-state index contributed by atoms with van der Waals surface area (Å²) in [5, 5.41) is 15.8. The minimum absolute atomic E-state index is 0.0572. The molecule has 0 aliphatic carbocycles. The maximum absolute atomic E-state index is 13.5. The Morgan fingerprint density at radius 2 is 2.13 bits per heavy atom. The van der Waals surface area contributed by atoms with Crippen LogP contribution < -0.4 is 4.90 Å². The van der Waals surface area contributed by atoms with Gasteiger partial charge in [-0.05, 0) is 36.1 Å². The van der Waals surface area contributed by atoms with Crippen molar-refractivity contribution in [3.05, 3.63) is 59.9 Å². The van der Waals surface area contributed by atoms with Gasteiger partial charge in [0, 0.05) is 32.1 Å². The van der Waals surface area contributed by atoms with Gasteiger partial charge in [0.15, 0.2) is 0 Å². The van der Waals surface area contributed by atoms with E-state index in [1.54, 1.807) is 23.0 Å². The van der Waals surface area contributed by atoms with Crippen LogP contribution in [-0.2, 0) is 27.2 Å². The maximum atomic E-state index is 13.5. The Hall–Kier alpha value is -2.97. The van der Waals surface area contributed by atoms with Crippen LogP contribution in [0.3, 0.4) is 0 Å². The van der Waals surface area contributed by atoms with Crippen molar-refractivity contribution in [2.75, 3.05) is 31.6 Å². The largest absolute Gasteiger partial charge is 0.396 e. The van der Waals surface area contributed by atoms with E-state index in [1.165, 1.54) is 0 Å². The summed E-state index contributed by atoms with van der Waals surface area (Å²) < 4.78 is 6.23. The lowest BCUT2D eigenvalue weighted by Crippen LogP contribution is -2.45. The number of likely N-dealkylation sites (N-methyl/N-ethyl adjacent to an activating group) is 1. The summed E-state index contributed by atoms with van der Waals surface area (Å²) >= 11 is 0. The smallest absolute Gasteiger partial charge is 0.234 e. The SMILES string of the molecule is CN(CCc1cn[nH]c1)C(=O)[C@@H]1[C@@H]2C=C[C@@]3(CN(c4ccc(CCO)cc4)C(=O)[C@H]13)O2. The van der Waals surface area contributed by atoms with Crippen LogP contribution in [0.15, 0.2) is 48.8 Å². The zero-order valence-corrected chi connectivity index (χ0v) is 17.4. The highest BCUT2D eigenvalue weighted by atomic mass is 16.5. The lowest BCUT2D eigenvalue weighted by Gasteiger charge is -2.27. The first-order valence-electron chi connectivity index (χ1n) is 10.6. The van der Waals surface area contributed by atoms with E-state index < -0.39 is 17.4 Å². The molecule has 3 aliphatic heterocycles. The number of carbonyl (C=O) groups excluding carboxylic acids is 2. The zero-order valence-electron chi connectivity index (χ0n) is 17.4. The van der Waals surface area contributed by atoms with Gasteiger partial charge in [-0.3, -0.25) is 14.7 Å². The number of aromatic amines is 1. The number of hydrogen-bond acceptors (Lipinski definition) is 5. The number of aliphatic hydroxyl groups excluding tert-OH is 1. The van der Waals surface area contributed by atoms with E-state index in [0.29, 0.717) is 25.9 Å². The van der Waals surface area contributed by atoms with Crippen LogP contribution in [0.25, 0.3) is 0 Å². The van der Waals surface area contributed by atoms with E-state index in [-0.39, 0.29) is 24.5 Å². The molecule has 2 saturated heterocycles. The van der Waals surface area contributed by atoms with Crippen molar-refractivity contribution in [2.24, 2.45) is 11.8 Å². The van der Waals surface area contributed by atoms with Crippen LogP contribution in [0.1, 0.15) is 11.1 Å². The molecule has 2 fully saturated rings. The van der Waals surface area contributed by atoms with Gasteiger partial charge in [0.25, 0.3) is 0 Å². The fourth-order valence-electron chi connectivity index (χ4n) is 5.05. The number of aromatic nitrogens is 2. The molecule has 1 spiro atoms. The third kappa shape index (κ3) is 3.26. The molecule has 1 aromatic carbocycles. The first kappa shape index (κ1) is 20.0. The molecule has 2 amide bonds. The summed E-state index contributed by atoms with van der Waals surface area (Å²) in [5.74, 6) is -1.14. The molecule has 4 atom stereocenters. The molecule has 162 valence electrons. The second-order valence-corrected chi connectivity index (χ2v) is 8.58. The quantitative estimate of drug-likeness (QED) is 0.647. The second-order valence-electron chi connectivity index (χ2n) is 8.58. The first-order valence-corrected chi connectivity index (χ1v) is 10.6. The predicted molar refractivity (Wildman–Crippen MR) is 113 cm³/mol. The van der Waals surface area contributed by atoms with Crippen molar-refractivity contribution < 1.29 is 19.4 Å². The summed E-state index contributed by atoms with van der Waals surface area (Å²) in [5.41, 5.74) is 2.10. The van der Waals surface area contributed by atoms with E-state index >= 15 is 0 Å². The Balaban J connectivity index is 1.34. The van der Waals surface area contributed by atoms with Gasteiger partial charge in [-0.25, -0.2) is 0 Å². The fraction of sp³-hybridized carbons (Fsp3) is 0.435. The standard InChI is InChI=1S/C23H26N4O4/c1-26(10-7-16-12-24-25-13-16)21(29)19-18-6-9-23(31-18)14-27(22(30)20(19)23)17-4-2-15(3-5-17)8-11-28/h2-6,9,12-13,18-20,28H,7-8,10-11,14H2,1H3,(H,24,25)/t18-,19+,20-,23-/m0/s1. The number of nitrogens with one attached hydrogen (secondary N) is 1. The number of anilines is 1. The Kier molecular flexibility index (Phi) is 4.91. The molecular formula is C23H26N4O4. The number of nitrogens with zero attached hydrogens (tertiary/aromatic N) is 3. The van der Waals surface area contributed by atoms with E-state index in [4.69, 9.17) is 9.84 Å². The molecule has 31 heavy (non-hydrogen) atoms. The van der Waals surface area contributed by atoms with Gasteiger partial charge >= 0.3 is 0 Å². The third-order valence-corrected chi connectivity index (χ3v) is 6.70. The van der Waals surface area contributed by atoms with Gasteiger partial charge in [0.05, 0.1) is 30.7 Å². The van der Waals surface area contributed by atoms with E-state index in [0.717, 1.165) is 16.8 Å². The van der Waals surface area contributed by atoms with E-state index in [9.17, 15) is 9.59 Å². The number of amides is 2. The number of carbonyl (C=O) groups is 2. The minimum Gasteiger partial charge on any atom is -0.396 e. The summed E-state index contributed by atoms with van der Waals surface area (Å²) in [6.45, 7) is 1.05. The highest BCUT2D eigenvalue weighted by Gasteiger charge is 2.67. The van der Waals surface area contributed by atoms with Crippen LogP contribution in [0, 0.1) is 11.8 Å². The molecule has 2 N–H and O–H groups in total. The van der Waals surface area contributed by atoms with Gasteiger partial charge in [-0.2, -0.15) is 5.10 Å². The predicted octanol–water partition coefficient (Wildman–Crippen LogP) is 0.932. The van der Waals surface area contributed by atoms with Crippen molar-refractivity contribution in [1.82, 2.24) is 15.1 Å². The van der Waals surface area contributed by atoms with Crippen molar-refractivity contribution in [1.29, 1.82) is 0 Å². The molecule has 2 bridgehead atoms. The summed E-state index contributed by atoms with van der Waals surface area (Å²) in [7, 11) is 1.78. The molecule has 8 heteroatoms. The fourth-order valence-corrected chi connectivity index (χ4v) is 5.05. The lowest BCUT2D eigenvalue weighted by atomic mass is 9.76. The Morgan fingerprint density at radius 3 is 2.84 bits per heavy atom. The van der Waals surface area contributed by atoms with Crippen LogP contribution in [0.5, 0.6) is 0 Å². The number of rotatable bonds is 7. The normalized spacial score (nSPS) is 28.4. The molecule has 0 saturated carbocycles. The Morgan fingerprint density at radius 1 is 1.32 bits per heavy atom. The van der Waals surface area contributed by atoms with Gasteiger partial charge in [-0.1, -0.05) is 24.3 Å².